The highest BCUT2D eigenvalue weighted by molar-refractivity contribution is 6.92. The Morgan fingerprint density at radius 1 is 0.806 bits per heavy atom. The van der Waals surface area contributed by atoms with Gasteiger partial charge in [-0.3, -0.25) is 0 Å². The van der Waals surface area contributed by atoms with Crippen LogP contribution >= 0.6 is 0 Å². The first kappa shape index (κ1) is 26.4. The van der Waals surface area contributed by atoms with Gasteiger partial charge in [-0.2, -0.15) is 0 Å². The quantitative estimate of drug-likeness (QED) is 0.187. The molecule has 36 heavy (non-hydrogen) atoms. The number of aromatic nitrogens is 1. The van der Waals surface area contributed by atoms with E-state index < -0.39 is 8.07 Å². The monoisotopic (exact) mass is 494 g/mol. The highest BCUT2D eigenvalue weighted by Gasteiger charge is 2.41. The van der Waals surface area contributed by atoms with Crippen LogP contribution in [0.3, 0.4) is 0 Å². The maximum Gasteiger partial charge on any atom is 0.220 e. The number of benzene rings is 3. The summed E-state index contributed by atoms with van der Waals surface area (Å²) in [5.41, 5.74) is 8.41. The smallest absolute Gasteiger partial charge is 0.200 e. The summed E-state index contributed by atoms with van der Waals surface area (Å²) in [6.45, 7) is 21.4. The van der Waals surface area contributed by atoms with Gasteiger partial charge in [-0.05, 0) is 63.6 Å². The summed E-state index contributed by atoms with van der Waals surface area (Å²) in [7, 11) is 0.350. The van der Waals surface area contributed by atoms with Crippen molar-refractivity contribution in [1.29, 1.82) is 0 Å². The predicted octanol–water partition coefficient (Wildman–Crippen LogP) is 8.32. The summed E-state index contributed by atoms with van der Waals surface area (Å²) in [6, 6.07) is 25.5. The molecule has 0 radical (unpaired) electrons. The fraction of sp³-hybridized carbons (Fsp3) is 0.382. The second kappa shape index (κ2) is 9.63. The zero-order valence-corrected chi connectivity index (χ0v) is 25.0. The van der Waals surface area contributed by atoms with Crippen molar-refractivity contribution in [3.8, 4) is 11.3 Å². The van der Waals surface area contributed by atoms with Crippen LogP contribution in [0.15, 0.2) is 72.9 Å². The third-order valence-electron chi connectivity index (χ3n) is 8.93. The molecular formula is C34H44NSi+. The molecule has 0 aliphatic carbocycles. The summed E-state index contributed by atoms with van der Waals surface area (Å²) < 4.78 is 2.31. The second-order valence-electron chi connectivity index (χ2n) is 12.3. The molecule has 1 heterocycles. The van der Waals surface area contributed by atoms with Crippen molar-refractivity contribution in [3.05, 3.63) is 95.2 Å². The highest BCUT2D eigenvalue weighted by Crippen LogP contribution is 2.37. The molecule has 0 N–H and O–H groups in total. The third-order valence-corrected chi connectivity index (χ3v) is 14.1. The van der Waals surface area contributed by atoms with Crippen molar-refractivity contribution in [1.82, 2.24) is 0 Å². The van der Waals surface area contributed by atoms with Gasteiger partial charge < -0.3 is 0 Å². The van der Waals surface area contributed by atoms with E-state index >= 15 is 0 Å². The van der Waals surface area contributed by atoms with Gasteiger partial charge in [-0.25, -0.2) is 4.57 Å². The second-order valence-corrected chi connectivity index (χ2v) is 17.4. The van der Waals surface area contributed by atoms with Gasteiger partial charge in [0.25, 0.3) is 0 Å². The van der Waals surface area contributed by atoms with Crippen molar-refractivity contribution in [3.63, 3.8) is 0 Å². The van der Waals surface area contributed by atoms with Crippen LogP contribution in [0.5, 0.6) is 0 Å². The van der Waals surface area contributed by atoms with Crippen LogP contribution in [0.4, 0.5) is 0 Å². The van der Waals surface area contributed by atoms with Crippen molar-refractivity contribution >= 4 is 24.0 Å². The lowest BCUT2D eigenvalue weighted by molar-refractivity contribution is -0.659. The van der Waals surface area contributed by atoms with Crippen LogP contribution in [0.1, 0.15) is 75.6 Å². The lowest BCUT2D eigenvalue weighted by atomic mass is 9.86. The predicted molar refractivity (Wildman–Crippen MR) is 160 cm³/mol. The van der Waals surface area contributed by atoms with Gasteiger partial charge in [0.2, 0.25) is 5.69 Å². The third kappa shape index (κ3) is 4.45. The molecule has 0 atom stereocenters. The molecular weight excluding hydrogens is 450 g/mol. The molecule has 188 valence electrons. The fourth-order valence-corrected chi connectivity index (χ4v) is 8.24. The molecule has 0 amide bonds. The SMILES string of the molecule is Cc1c(-c2c3ccc([Si](C)(C)C(C)(C)c4ccccc4)cc3cc[n+]2C)cc(C(C)C)cc1C(C)C. The van der Waals surface area contributed by atoms with E-state index in [0.29, 0.717) is 11.8 Å². The van der Waals surface area contributed by atoms with E-state index in [4.69, 9.17) is 0 Å². The summed E-state index contributed by atoms with van der Waals surface area (Å²) in [5, 5.41) is 4.31. The number of pyridine rings is 1. The molecule has 4 rings (SSSR count). The number of rotatable bonds is 6. The van der Waals surface area contributed by atoms with Crippen LogP contribution in [-0.2, 0) is 12.1 Å². The number of hydrogen-bond acceptors (Lipinski definition) is 0. The number of hydrogen-bond donors (Lipinski definition) is 0. The summed E-state index contributed by atoms with van der Waals surface area (Å²) in [6.07, 6.45) is 2.24. The maximum absolute atomic E-state index is 2.52. The molecule has 0 saturated heterocycles. The highest BCUT2D eigenvalue weighted by atomic mass is 28.3. The Balaban J connectivity index is 1.92. The molecule has 0 aliphatic rings. The van der Waals surface area contributed by atoms with Gasteiger partial charge in [-0.1, -0.05) is 108 Å². The van der Waals surface area contributed by atoms with Gasteiger partial charge in [0, 0.05) is 6.07 Å². The molecule has 1 nitrogen and oxygen atoms in total. The van der Waals surface area contributed by atoms with Gasteiger partial charge in [0.15, 0.2) is 6.20 Å². The van der Waals surface area contributed by atoms with Gasteiger partial charge in [0.1, 0.15) is 7.05 Å². The van der Waals surface area contributed by atoms with Crippen LogP contribution in [0, 0.1) is 6.92 Å². The van der Waals surface area contributed by atoms with Gasteiger partial charge in [0.05, 0.1) is 19.0 Å². The summed E-state index contributed by atoms with van der Waals surface area (Å²) >= 11 is 0. The van der Waals surface area contributed by atoms with Crippen LogP contribution in [-0.4, -0.2) is 8.07 Å². The number of aryl methyl sites for hydroxylation is 1. The van der Waals surface area contributed by atoms with Gasteiger partial charge in [-0.15, -0.1) is 0 Å². The molecule has 2 heteroatoms. The molecule has 4 aromatic rings. The number of nitrogens with zero attached hydrogens (tertiary/aromatic N) is 1. The Bertz CT molecular complexity index is 1390. The van der Waals surface area contributed by atoms with E-state index in [0.717, 1.165) is 0 Å². The molecule has 1 aromatic heterocycles. The van der Waals surface area contributed by atoms with Crippen molar-refractivity contribution in [2.45, 2.75) is 78.4 Å². The van der Waals surface area contributed by atoms with Crippen LogP contribution in [0.25, 0.3) is 22.0 Å². The Morgan fingerprint density at radius 3 is 2.08 bits per heavy atom. The Morgan fingerprint density at radius 2 is 1.47 bits per heavy atom. The molecule has 0 bridgehead atoms. The molecule has 0 spiro atoms. The fourth-order valence-electron chi connectivity index (χ4n) is 5.61. The van der Waals surface area contributed by atoms with Crippen molar-refractivity contribution in [2.24, 2.45) is 7.05 Å². The van der Waals surface area contributed by atoms with E-state index in [1.54, 1.807) is 0 Å². The van der Waals surface area contributed by atoms with E-state index in [9.17, 15) is 0 Å². The first-order valence-corrected chi connectivity index (χ1v) is 16.5. The Hall–Kier alpha value is -2.71. The first-order chi connectivity index (χ1) is 16.9. The lowest BCUT2D eigenvalue weighted by Crippen LogP contribution is -2.57. The Labute approximate surface area is 220 Å². The molecule has 3 aromatic carbocycles. The van der Waals surface area contributed by atoms with E-state index in [-0.39, 0.29) is 5.04 Å². The van der Waals surface area contributed by atoms with Crippen LogP contribution < -0.4 is 9.75 Å². The first-order valence-electron chi connectivity index (χ1n) is 13.5. The molecule has 0 unspecified atom stereocenters. The summed E-state index contributed by atoms with van der Waals surface area (Å²) in [5.74, 6) is 1.00. The Kier molecular flexibility index (Phi) is 7.05. The topological polar surface area (TPSA) is 3.88 Å². The normalized spacial score (nSPS) is 12.7. The summed E-state index contributed by atoms with van der Waals surface area (Å²) in [4.78, 5) is 0. The molecule has 0 saturated carbocycles. The zero-order valence-electron chi connectivity index (χ0n) is 24.0. The largest absolute Gasteiger partial charge is 0.220 e. The van der Waals surface area contributed by atoms with Gasteiger partial charge >= 0.3 is 0 Å². The van der Waals surface area contributed by atoms with E-state index in [2.05, 4.69) is 146 Å². The number of fused-ring (bicyclic) bond motifs is 1. The van der Waals surface area contributed by atoms with Crippen molar-refractivity contribution < 1.29 is 4.57 Å². The average molecular weight is 495 g/mol. The maximum atomic E-state index is 2.52. The standard InChI is InChI=1S/C34H44NSi/c1-23(2)27-21-31(24(3)4)25(5)32(22-27)33-30-17-16-29(20-26(30)18-19-35(33)8)36(9,10)34(6,7)28-14-12-11-13-15-28/h11-24H,1-10H3/q+1. The lowest BCUT2D eigenvalue weighted by Gasteiger charge is -2.41. The van der Waals surface area contributed by atoms with Crippen molar-refractivity contribution in [2.75, 3.05) is 0 Å². The zero-order chi connectivity index (χ0) is 26.4. The average Bonchev–Trinajstić information content (AvgIpc) is 2.84. The van der Waals surface area contributed by atoms with E-state index in [1.165, 1.54) is 49.5 Å². The minimum absolute atomic E-state index is 0.124. The molecule has 0 aliphatic heterocycles. The van der Waals surface area contributed by atoms with E-state index in [1.807, 2.05) is 0 Å². The minimum atomic E-state index is -1.84. The molecule has 0 fully saturated rings. The van der Waals surface area contributed by atoms with Crippen LogP contribution in [0.2, 0.25) is 13.1 Å². The minimum Gasteiger partial charge on any atom is -0.200 e.